The molecule has 3 nitrogen and oxygen atoms in total. The zero-order valence-corrected chi connectivity index (χ0v) is 12.9. The highest BCUT2D eigenvalue weighted by molar-refractivity contribution is 7.98. The standard InChI is InChI=1S/C14H20N2OS2/c1-9-8-10(6-7-17-9)16-11-4-3-5-12(19-2)13(11)14(15)18/h3-5,9-10,16H,6-8H2,1-2H3,(H2,15,18). The highest BCUT2D eigenvalue weighted by Gasteiger charge is 2.21. The molecule has 3 N–H and O–H groups in total. The second-order valence-corrected chi connectivity index (χ2v) is 6.08. The predicted molar refractivity (Wildman–Crippen MR) is 86.2 cm³/mol. The molecule has 0 radical (unpaired) electrons. The highest BCUT2D eigenvalue weighted by Crippen LogP contribution is 2.29. The molecule has 0 aromatic heterocycles. The van der Waals surface area contributed by atoms with Crippen LogP contribution >= 0.6 is 24.0 Å². The number of hydrogen-bond acceptors (Lipinski definition) is 4. The number of rotatable bonds is 4. The van der Waals surface area contributed by atoms with E-state index in [1.807, 2.05) is 18.4 Å². The summed E-state index contributed by atoms with van der Waals surface area (Å²) in [5.74, 6) is 0. The maximum Gasteiger partial charge on any atom is 0.107 e. The molecule has 5 heteroatoms. The van der Waals surface area contributed by atoms with Crippen LogP contribution in [0.1, 0.15) is 25.3 Å². The van der Waals surface area contributed by atoms with Crippen LogP contribution in [0.25, 0.3) is 0 Å². The van der Waals surface area contributed by atoms with E-state index in [2.05, 4.69) is 18.3 Å². The molecule has 0 bridgehead atoms. The van der Waals surface area contributed by atoms with Crippen molar-refractivity contribution in [1.82, 2.24) is 0 Å². The summed E-state index contributed by atoms with van der Waals surface area (Å²) < 4.78 is 5.57. The number of anilines is 1. The number of nitrogens with one attached hydrogen (secondary N) is 1. The Kier molecular flexibility index (Phi) is 5.07. The van der Waals surface area contributed by atoms with Crippen LogP contribution in [0.2, 0.25) is 0 Å². The molecule has 1 aliphatic heterocycles. The lowest BCUT2D eigenvalue weighted by Gasteiger charge is -2.29. The molecular formula is C14H20N2OS2. The molecule has 1 saturated heterocycles. The fourth-order valence-corrected chi connectivity index (χ4v) is 3.35. The van der Waals surface area contributed by atoms with Crippen molar-refractivity contribution in [2.45, 2.75) is 36.8 Å². The maximum atomic E-state index is 5.88. The normalized spacial score (nSPS) is 23.1. The average molecular weight is 296 g/mol. The van der Waals surface area contributed by atoms with Gasteiger partial charge in [-0.25, -0.2) is 0 Å². The molecule has 2 atom stereocenters. The summed E-state index contributed by atoms with van der Waals surface area (Å²) >= 11 is 6.86. The summed E-state index contributed by atoms with van der Waals surface area (Å²) in [6.07, 6.45) is 4.38. The molecule has 0 saturated carbocycles. The van der Waals surface area contributed by atoms with Crippen molar-refractivity contribution >= 4 is 34.7 Å². The first-order chi connectivity index (χ1) is 9.11. The molecule has 1 heterocycles. The zero-order valence-electron chi connectivity index (χ0n) is 11.3. The lowest BCUT2D eigenvalue weighted by Crippen LogP contribution is -2.33. The van der Waals surface area contributed by atoms with Crippen molar-refractivity contribution in [2.24, 2.45) is 5.73 Å². The van der Waals surface area contributed by atoms with Gasteiger partial charge in [0.1, 0.15) is 4.99 Å². The quantitative estimate of drug-likeness (QED) is 0.660. The van der Waals surface area contributed by atoms with Crippen LogP contribution in [0.4, 0.5) is 5.69 Å². The van der Waals surface area contributed by atoms with E-state index in [-0.39, 0.29) is 0 Å². The third-order valence-electron chi connectivity index (χ3n) is 3.34. The molecule has 19 heavy (non-hydrogen) atoms. The second kappa shape index (κ2) is 6.59. The van der Waals surface area contributed by atoms with Gasteiger partial charge in [-0.3, -0.25) is 0 Å². The van der Waals surface area contributed by atoms with Crippen molar-refractivity contribution < 1.29 is 4.74 Å². The Balaban J connectivity index is 2.21. The van der Waals surface area contributed by atoms with Crippen molar-refractivity contribution in [1.29, 1.82) is 0 Å². The summed E-state index contributed by atoms with van der Waals surface area (Å²) in [4.78, 5) is 1.57. The first-order valence-corrected chi connectivity index (χ1v) is 8.10. The van der Waals surface area contributed by atoms with Gasteiger partial charge in [-0.1, -0.05) is 18.3 Å². The first-order valence-electron chi connectivity index (χ1n) is 6.46. The monoisotopic (exact) mass is 296 g/mol. The Hall–Kier alpha value is -0.780. The average Bonchev–Trinajstić information content (AvgIpc) is 2.38. The zero-order chi connectivity index (χ0) is 13.8. The van der Waals surface area contributed by atoms with E-state index in [0.29, 0.717) is 17.1 Å². The first kappa shape index (κ1) is 14.6. The van der Waals surface area contributed by atoms with Gasteiger partial charge in [-0.2, -0.15) is 0 Å². The summed E-state index contributed by atoms with van der Waals surface area (Å²) in [7, 11) is 0. The number of thiocarbonyl (C=S) groups is 1. The van der Waals surface area contributed by atoms with E-state index in [4.69, 9.17) is 22.7 Å². The van der Waals surface area contributed by atoms with Crippen LogP contribution in [0.5, 0.6) is 0 Å². The predicted octanol–water partition coefficient (Wildman–Crippen LogP) is 3.02. The number of benzene rings is 1. The minimum atomic E-state index is 0.309. The molecule has 0 amide bonds. The smallest absolute Gasteiger partial charge is 0.107 e. The molecule has 0 aliphatic carbocycles. The molecule has 1 aliphatic rings. The lowest BCUT2D eigenvalue weighted by atomic mass is 10.0. The van der Waals surface area contributed by atoms with Crippen LogP contribution < -0.4 is 11.1 Å². The topological polar surface area (TPSA) is 47.3 Å². The van der Waals surface area contributed by atoms with Gasteiger partial charge in [0.15, 0.2) is 0 Å². The highest BCUT2D eigenvalue weighted by atomic mass is 32.2. The Morgan fingerprint density at radius 3 is 2.95 bits per heavy atom. The Morgan fingerprint density at radius 1 is 1.53 bits per heavy atom. The minimum Gasteiger partial charge on any atom is -0.389 e. The number of nitrogens with two attached hydrogens (primary N) is 1. The van der Waals surface area contributed by atoms with E-state index in [1.54, 1.807) is 11.8 Å². The number of thioether (sulfide) groups is 1. The van der Waals surface area contributed by atoms with Crippen LogP contribution in [0.3, 0.4) is 0 Å². The van der Waals surface area contributed by atoms with E-state index in [1.165, 1.54) is 0 Å². The van der Waals surface area contributed by atoms with Gasteiger partial charge in [-0.15, -0.1) is 11.8 Å². The Morgan fingerprint density at radius 2 is 2.32 bits per heavy atom. The van der Waals surface area contributed by atoms with Crippen LogP contribution in [0, 0.1) is 0 Å². The van der Waals surface area contributed by atoms with Gasteiger partial charge >= 0.3 is 0 Å². The van der Waals surface area contributed by atoms with E-state index >= 15 is 0 Å². The fourth-order valence-electron chi connectivity index (χ4n) is 2.42. The largest absolute Gasteiger partial charge is 0.389 e. The third-order valence-corrected chi connectivity index (χ3v) is 4.32. The van der Waals surface area contributed by atoms with Crippen LogP contribution in [0.15, 0.2) is 23.1 Å². The molecule has 1 aromatic carbocycles. The lowest BCUT2D eigenvalue weighted by molar-refractivity contribution is 0.0232. The fraction of sp³-hybridized carbons (Fsp3) is 0.500. The molecule has 2 unspecified atom stereocenters. The molecule has 104 valence electrons. The molecule has 1 fully saturated rings. The molecule has 0 spiro atoms. The molecule has 2 rings (SSSR count). The Bertz CT molecular complexity index is 465. The summed E-state index contributed by atoms with van der Waals surface area (Å²) in [5, 5.41) is 3.58. The van der Waals surface area contributed by atoms with E-state index in [9.17, 15) is 0 Å². The van der Waals surface area contributed by atoms with Gasteiger partial charge in [0.05, 0.1) is 6.10 Å². The van der Waals surface area contributed by atoms with Crippen molar-refractivity contribution in [3.63, 3.8) is 0 Å². The SMILES string of the molecule is CSc1cccc(NC2CCOC(C)C2)c1C(N)=S. The Labute approximate surface area is 124 Å². The number of hydrogen-bond donors (Lipinski definition) is 2. The summed E-state index contributed by atoms with van der Waals surface area (Å²) in [6.45, 7) is 2.92. The van der Waals surface area contributed by atoms with E-state index in [0.717, 1.165) is 35.6 Å². The van der Waals surface area contributed by atoms with Crippen molar-refractivity contribution in [2.75, 3.05) is 18.2 Å². The van der Waals surface area contributed by atoms with Gasteiger partial charge in [0.25, 0.3) is 0 Å². The summed E-state index contributed by atoms with van der Waals surface area (Å²) in [6, 6.07) is 6.57. The summed E-state index contributed by atoms with van der Waals surface area (Å²) in [5.41, 5.74) is 7.88. The number of ether oxygens (including phenoxy) is 1. The molecular weight excluding hydrogens is 276 g/mol. The van der Waals surface area contributed by atoms with Crippen LogP contribution in [-0.2, 0) is 4.74 Å². The van der Waals surface area contributed by atoms with Crippen LogP contribution in [-0.4, -0.2) is 30.0 Å². The van der Waals surface area contributed by atoms with Gasteiger partial charge < -0.3 is 15.8 Å². The van der Waals surface area contributed by atoms with Gasteiger partial charge in [-0.05, 0) is 38.2 Å². The molecule has 1 aromatic rings. The van der Waals surface area contributed by atoms with Crippen molar-refractivity contribution in [3.8, 4) is 0 Å². The second-order valence-electron chi connectivity index (χ2n) is 4.79. The maximum absolute atomic E-state index is 5.88. The van der Waals surface area contributed by atoms with Gasteiger partial charge in [0.2, 0.25) is 0 Å². The van der Waals surface area contributed by atoms with Crippen molar-refractivity contribution in [3.05, 3.63) is 23.8 Å². The van der Waals surface area contributed by atoms with E-state index < -0.39 is 0 Å². The van der Waals surface area contributed by atoms with Gasteiger partial charge in [0, 0.05) is 28.8 Å². The minimum absolute atomic E-state index is 0.309. The third kappa shape index (κ3) is 3.61.